The van der Waals surface area contributed by atoms with Crippen LogP contribution in [0, 0.1) is 0 Å². The summed E-state index contributed by atoms with van der Waals surface area (Å²) in [6.07, 6.45) is 3.18. The highest BCUT2D eigenvalue weighted by molar-refractivity contribution is 5.54. The van der Waals surface area contributed by atoms with Crippen molar-refractivity contribution >= 4 is 0 Å². The smallest absolute Gasteiger partial charge is 0.132 e. The van der Waals surface area contributed by atoms with Gasteiger partial charge in [0.05, 0.1) is 12.8 Å². The minimum Gasteiger partial charge on any atom is -0.497 e. The molecule has 0 atom stereocenters. The van der Waals surface area contributed by atoms with Gasteiger partial charge in [0.15, 0.2) is 0 Å². The van der Waals surface area contributed by atoms with Gasteiger partial charge in [0, 0.05) is 18.3 Å². The molecule has 0 N–H and O–H groups in total. The van der Waals surface area contributed by atoms with Gasteiger partial charge in [-0.1, -0.05) is 5.16 Å². The third kappa shape index (κ3) is 1.51. The van der Waals surface area contributed by atoms with E-state index < -0.39 is 0 Å². The molecule has 0 aliphatic heterocycles. The van der Waals surface area contributed by atoms with Gasteiger partial charge in [0.1, 0.15) is 17.7 Å². The number of hydrogen-bond donors (Lipinski definition) is 0. The van der Waals surface area contributed by atoms with Crippen LogP contribution in [0.5, 0.6) is 5.75 Å². The Labute approximate surface area is 75.2 Å². The van der Waals surface area contributed by atoms with Gasteiger partial charge >= 0.3 is 0 Å². The third-order valence-corrected chi connectivity index (χ3v) is 1.67. The molecule has 0 aliphatic rings. The predicted octanol–water partition coefficient (Wildman–Crippen LogP) is 1.75. The molecule has 0 radical (unpaired) electrons. The summed E-state index contributed by atoms with van der Waals surface area (Å²) in [5, 5.41) is 3.77. The van der Waals surface area contributed by atoms with Crippen LogP contribution in [0.15, 0.2) is 35.2 Å². The molecule has 0 saturated heterocycles. The van der Waals surface area contributed by atoms with Crippen molar-refractivity contribution in [3.05, 3.63) is 30.7 Å². The zero-order valence-corrected chi connectivity index (χ0v) is 7.10. The van der Waals surface area contributed by atoms with Crippen LogP contribution in [0.4, 0.5) is 0 Å². The van der Waals surface area contributed by atoms with Gasteiger partial charge < -0.3 is 9.26 Å². The monoisotopic (exact) mass is 176 g/mol. The zero-order valence-electron chi connectivity index (χ0n) is 7.10. The summed E-state index contributed by atoms with van der Waals surface area (Å²) in [6.45, 7) is 0. The highest BCUT2D eigenvalue weighted by atomic mass is 16.5. The van der Waals surface area contributed by atoms with Crippen molar-refractivity contribution in [3.63, 3.8) is 0 Å². The Kier molecular flexibility index (Phi) is 1.96. The lowest BCUT2D eigenvalue weighted by Crippen LogP contribution is -1.86. The maximum Gasteiger partial charge on any atom is 0.132 e. The first-order chi connectivity index (χ1) is 6.40. The number of methoxy groups -OCH3 is 1. The summed E-state index contributed by atoms with van der Waals surface area (Å²) < 4.78 is 9.77. The van der Waals surface area contributed by atoms with Crippen LogP contribution >= 0.6 is 0 Å². The Morgan fingerprint density at radius 1 is 1.31 bits per heavy atom. The van der Waals surface area contributed by atoms with E-state index in [0.29, 0.717) is 5.69 Å². The van der Waals surface area contributed by atoms with E-state index in [0.717, 1.165) is 11.4 Å². The summed E-state index contributed by atoms with van der Waals surface area (Å²) in [5.74, 6) is 0.757. The molecule has 0 spiro atoms. The number of nitrogens with zero attached hydrogens (tertiary/aromatic N) is 2. The molecule has 4 nitrogen and oxygen atoms in total. The first-order valence-electron chi connectivity index (χ1n) is 3.81. The average molecular weight is 176 g/mol. The molecule has 0 amide bonds. The highest BCUT2D eigenvalue weighted by Gasteiger charge is 2.02. The maximum absolute atomic E-state index is 5.05. The molecule has 66 valence electrons. The van der Waals surface area contributed by atoms with E-state index in [1.807, 2.05) is 0 Å². The molecule has 0 aliphatic carbocycles. The molecule has 13 heavy (non-hydrogen) atoms. The van der Waals surface area contributed by atoms with Gasteiger partial charge in [-0.3, -0.25) is 4.98 Å². The van der Waals surface area contributed by atoms with Crippen LogP contribution in [0.25, 0.3) is 11.4 Å². The Balaban J connectivity index is 2.41. The van der Waals surface area contributed by atoms with Crippen LogP contribution in [0.1, 0.15) is 0 Å². The SMILES string of the molecule is COc1ccnc(-c2ccon2)c1. The molecule has 2 rings (SSSR count). The second-order valence-electron chi connectivity index (χ2n) is 2.47. The molecule has 0 bridgehead atoms. The predicted molar refractivity (Wildman–Crippen MR) is 46.3 cm³/mol. The third-order valence-electron chi connectivity index (χ3n) is 1.67. The van der Waals surface area contributed by atoms with Crippen LogP contribution in [0.3, 0.4) is 0 Å². The molecule has 0 saturated carbocycles. The fraction of sp³-hybridized carbons (Fsp3) is 0.111. The van der Waals surface area contributed by atoms with Crippen molar-refractivity contribution in [3.8, 4) is 17.1 Å². The van der Waals surface area contributed by atoms with Crippen molar-refractivity contribution in [2.75, 3.05) is 7.11 Å². The molecule has 2 aromatic rings. The van der Waals surface area contributed by atoms with Gasteiger partial charge in [-0.2, -0.15) is 0 Å². The lowest BCUT2D eigenvalue weighted by Gasteiger charge is -1.99. The lowest BCUT2D eigenvalue weighted by molar-refractivity contribution is 0.413. The van der Waals surface area contributed by atoms with Gasteiger partial charge in [-0.05, 0) is 6.07 Å². The van der Waals surface area contributed by atoms with E-state index >= 15 is 0 Å². The van der Waals surface area contributed by atoms with Gasteiger partial charge in [0.25, 0.3) is 0 Å². The van der Waals surface area contributed by atoms with Crippen molar-refractivity contribution in [2.45, 2.75) is 0 Å². The summed E-state index contributed by atoms with van der Waals surface area (Å²) in [7, 11) is 1.61. The van der Waals surface area contributed by atoms with Crippen LogP contribution in [-0.2, 0) is 0 Å². The second kappa shape index (κ2) is 3.26. The van der Waals surface area contributed by atoms with Crippen molar-refractivity contribution in [1.29, 1.82) is 0 Å². The van der Waals surface area contributed by atoms with Crippen molar-refractivity contribution in [2.24, 2.45) is 0 Å². The number of ether oxygens (including phenoxy) is 1. The molecular formula is C9H8N2O2. The second-order valence-corrected chi connectivity index (χ2v) is 2.47. The maximum atomic E-state index is 5.05. The van der Waals surface area contributed by atoms with Crippen LogP contribution in [-0.4, -0.2) is 17.3 Å². The minimum absolute atomic E-state index is 0.707. The summed E-state index contributed by atoms with van der Waals surface area (Å²) in [4.78, 5) is 4.13. The van der Waals surface area contributed by atoms with E-state index in [-0.39, 0.29) is 0 Å². The molecule has 0 aromatic carbocycles. The molecule has 2 heterocycles. The Bertz CT molecular complexity index is 384. The first kappa shape index (κ1) is 7.79. The highest BCUT2D eigenvalue weighted by Crippen LogP contribution is 2.18. The molecule has 4 heteroatoms. The lowest BCUT2D eigenvalue weighted by atomic mass is 10.3. The Morgan fingerprint density at radius 3 is 2.92 bits per heavy atom. The van der Waals surface area contributed by atoms with Crippen molar-refractivity contribution < 1.29 is 9.26 Å². The summed E-state index contributed by atoms with van der Waals surface area (Å²) in [5.41, 5.74) is 1.45. The fourth-order valence-corrected chi connectivity index (χ4v) is 1.02. The molecular weight excluding hydrogens is 168 g/mol. The topological polar surface area (TPSA) is 48.2 Å². The van der Waals surface area contributed by atoms with Crippen LogP contribution in [0.2, 0.25) is 0 Å². The van der Waals surface area contributed by atoms with E-state index in [4.69, 9.17) is 9.26 Å². The zero-order chi connectivity index (χ0) is 9.10. The van der Waals surface area contributed by atoms with Crippen LogP contribution < -0.4 is 4.74 Å². The number of aromatic nitrogens is 2. The Hall–Kier alpha value is -1.84. The van der Waals surface area contributed by atoms with E-state index in [1.165, 1.54) is 6.26 Å². The quantitative estimate of drug-likeness (QED) is 0.699. The average Bonchev–Trinajstić information content (AvgIpc) is 2.71. The van der Waals surface area contributed by atoms with Gasteiger partial charge in [-0.25, -0.2) is 0 Å². The van der Waals surface area contributed by atoms with Crippen molar-refractivity contribution in [1.82, 2.24) is 10.1 Å². The standard InChI is InChI=1S/C9H8N2O2/c1-12-7-2-4-10-9(6-7)8-3-5-13-11-8/h2-6H,1H3. The minimum atomic E-state index is 0.707. The number of rotatable bonds is 2. The largest absolute Gasteiger partial charge is 0.497 e. The molecule has 2 aromatic heterocycles. The Morgan fingerprint density at radius 2 is 2.23 bits per heavy atom. The number of hydrogen-bond acceptors (Lipinski definition) is 4. The van der Waals surface area contributed by atoms with Gasteiger partial charge in [-0.15, -0.1) is 0 Å². The molecule has 0 fully saturated rings. The van der Waals surface area contributed by atoms with Gasteiger partial charge in [0.2, 0.25) is 0 Å². The fourth-order valence-electron chi connectivity index (χ4n) is 1.02. The van der Waals surface area contributed by atoms with E-state index in [9.17, 15) is 0 Å². The van der Waals surface area contributed by atoms with E-state index in [2.05, 4.69) is 10.1 Å². The summed E-state index contributed by atoms with van der Waals surface area (Å²) in [6, 6.07) is 5.34. The number of pyridine rings is 1. The normalized spacial score (nSPS) is 9.92. The summed E-state index contributed by atoms with van der Waals surface area (Å²) >= 11 is 0. The molecule has 0 unspecified atom stereocenters. The van der Waals surface area contributed by atoms with E-state index in [1.54, 1.807) is 31.5 Å². The first-order valence-corrected chi connectivity index (χ1v) is 3.81.